The molecule has 0 aliphatic heterocycles. The molecule has 1 aromatic heterocycles. The van der Waals surface area contributed by atoms with E-state index >= 15 is 0 Å². The Bertz CT molecular complexity index is 902. The maximum Gasteiger partial charge on any atom is 0.470 e. The lowest BCUT2D eigenvalue weighted by Crippen LogP contribution is -2.19. The van der Waals surface area contributed by atoms with E-state index in [0.29, 0.717) is 11.3 Å². The van der Waals surface area contributed by atoms with Crippen molar-refractivity contribution in [1.29, 1.82) is 0 Å². The lowest BCUT2D eigenvalue weighted by atomic mass is 10.1. The molecule has 29 heavy (non-hydrogen) atoms. The number of esters is 2. The highest BCUT2D eigenvalue weighted by atomic mass is 19.4. The zero-order chi connectivity index (χ0) is 21.6. The van der Waals surface area contributed by atoms with E-state index in [1.165, 1.54) is 18.2 Å². The third-order valence-corrected chi connectivity index (χ3v) is 3.50. The molecule has 2 rings (SSSR count). The summed E-state index contributed by atoms with van der Waals surface area (Å²) < 4.78 is 52.1. The average Bonchev–Trinajstić information content (AvgIpc) is 3.14. The number of nitrogens with one attached hydrogen (secondary N) is 1. The Hall–Kier alpha value is -3.37. The fourth-order valence-corrected chi connectivity index (χ4v) is 2.18. The first-order valence-corrected chi connectivity index (χ1v) is 8.50. The van der Waals surface area contributed by atoms with E-state index in [1.807, 2.05) is 0 Å². The van der Waals surface area contributed by atoms with Crippen molar-refractivity contribution in [2.24, 2.45) is 0 Å². The van der Waals surface area contributed by atoms with E-state index in [4.69, 9.17) is 9.47 Å². The Balaban J connectivity index is 2.25. The first-order valence-electron chi connectivity index (χ1n) is 8.50. The lowest BCUT2D eigenvalue weighted by molar-refractivity contribution is -0.157. The molecule has 0 spiro atoms. The summed E-state index contributed by atoms with van der Waals surface area (Å²) in [6.45, 7) is 5.01. The van der Waals surface area contributed by atoms with Gasteiger partial charge in [-0.05, 0) is 44.5 Å². The maximum absolute atomic E-state index is 12.6. The van der Waals surface area contributed by atoms with E-state index in [2.05, 4.69) is 19.9 Å². The number of carbonyl (C=O) groups is 2. The van der Waals surface area contributed by atoms with Crippen molar-refractivity contribution in [3.05, 3.63) is 41.4 Å². The molecule has 0 aliphatic rings. The Morgan fingerprint density at radius 3 is 2.24 bits per heavy atom. The Morgan fingerprint density at radius 1 is 1.14 bits per heavy atom. The van der Waals surface area contributed by atoms with Crippen LogP contribution >= 0.6 is 0 Å². The van der Waals surface area contributed by atoms with Gasteiger partial charge >= 0.3 is 24.0 Å². The van der Waals surface area contributed by atoms with Crippen molar-refractivity contribution < 1.29 is 36.7 Å². The molecule has 1 aromatic carbocycles. The Kier molecular flexibility index (Phi) is 6.97. The largest absolute Gasteiger partial charge is 0.470 e. The minimum Gasteiger partial charge on any atom is -0.462 e. The van der Waals surface area contributed by atoms with Crippen LogP contribution in [0.2, 0.25) is 0 Å². The molecular weight excluding hydrogens is 395 g/mol. The number of hydrogen-bond donors (Lipinski definition) is 1. The van der Waals surface area contributed by atoms with E-state index in [1.54, 1.807) is 20.8 Å². The summed E-state index contributed by atoms with van der Waals surface area (Å²) in [6, 6.07) is 4.48. The summed E-state index contributed by atoms with van der Waals surface area (Å²) in [5, 5.41) is 9.16. The molecule has 0 saturated carbocycles. The number of aromatic nitrogens is 2. The molecule has 0 amide bonds. The van der Waals surface area contributed by atoms with Crippen LogP contribution in [-0.2, 0) is 25.2 Å². The molecule has 0 radical (unpaired) electrons. The number of halogens is 3. The normalized spacial score (nSPS) is 11.0. The van der Waals surface area contributed by atoms with Crippen molar-refractivity contribution in [3.8, 4) is 11.5 Å². The van der Waals surface area contributed by atoms with Crippen LogP contribution in [0.25, 0.3) is 11.5 Å². The predicted molar refractivity (Wildman–Crippen MR) is 94.4 cm³/mol. The van der Waals surface area contributed by atoms with Crippen molar-refractivity contribution in [1.82, 2.24) is 10.2 Å². The molecule has 8 nitrogen and oxygen atoms in total. The predicted octanol–water partition coefficient (Wildman–Crippen LogP) is 3.49. The van der Waals surface area contributed by atoms with Gasteiger partial charge in [0.15, 0.2) is 5.57 Å². The molecular formula is C18H18F3N3O5. The van der Waals surface area contributed by atoms with Gasteiger partial charge in [0.1, 0.15) is 0 Å². The third kappa shape index (κ3) is 5.56. The number of ether oxygens (including phenoxy) is 2. The van der Waals surface area contributed by atoms with Gasteiger partial charge in [-0.25, -0.2) is 9.59 Å². The molecule has 1 N–H and O–H groups in total. The summed E-state index contributed by atoms with van der Waals surface area (Å²) in [6.07, 6.45) is -3.59. The van der Waals surface area contributed by atoms with Crippen LogP contribution in [0.1, 0.15) is 25.3 Å². The van der Waals surface area contributed by atoms with Crippen LogP contribution in [0.5, 0.6) is 0 Å². The maximum atomic E-state index is 12.6. The molecule has 0 saturated heterocycles. The molecule has 0 bridgehead atoms. The van der Waals surface area contributed by atoms with Crippen molar-refractivity contribution in [2.75, 3.05) is 18.5 Å². The number of nitrogens with zero attached hydrogens (tertiary/aromatic N) is 2. The smallest absolute Gasteiger partial charge is 0.462 e. The second kappa shape index (κ2) is 9.22. The number of carbonyl (C=O) groups excluding carboxylic acids is 2. The van der Waals surface area contributed by atoms with Gasteiger partial charge in [0.25, 0.3) is 0 Å². The topological polar surface area (TPSA) is 104 Å². The number of anilines is 1. The average molecular weight is 413 g/mol. The Labute approximate surface area is 163 Å². The van der Waals surface area contributed by atoms with Crippen molar-refractivity contribution in [3.63, 3.8) is 0 Å². The van der Waals surface area contributed by atoms with Gasteiger partial charge in [-0.15, -0.1) is 10.2 Å². The van der Waals surface area contributed by atoms with Crippen LogP contribution in [0.3, 0.4) is 0 Å². The van der Waals surface area contributed by atoms with Gasteiger partial charge in [-0.3, -0.25) is 0 Å². The van der Waals surface area contributed by atoms with Gasteiger partial charge in [-0.2, -0.15) is 13.2 Å². The van der Waals surface area contributed by atoms with Gasteiger partial charge in [-0.1, -0.05) is 0 Å². The summed E-state index contributed by atoms with van der Waals surface area (Å²) in [5.41, 5.74) is 1.01. The van der Waals surface area contributed by atoms with Gasteiger partial charge in [0.2, 0.25) is 5.89 Å². The van der Waals surface area contributed by atoms with E-state index in [-0.39, 0.29) is 30.2 Å². The van der Waals surface area contributed by atoms with E-state index < -0.39 is 24.0 Å². The first-order chi connectivity index (χ1) is 13.7. The number of aryl methyl sites for hydroxylation is 1. The van der Waals surface area contributed by atoms with Gasteiger partial charge in [0, 0.05) is 17.5 Å². The SMILES string of the molecule is CCOC(=O)C(=CNc1ccc(-c2nnc(C(F)(F)F)o2)cc1C)C(=O)OCC. The summed E-state index contributed by atoms with van der Waals surface area (Å²) in [7, 11) is 0. The van der Waals surface area contributed by atoms with Crippen LogP contribution < -0.4 is 5.32 Å². The number of hydrogen-bond acceptors (Lipinski definition) is 8. The van der Waals surface area contributed by atoms with Crippen LogP contribution in [0.4, 0.5) is 18.9 Å². The zero-order valence-electron chi connectivity index (χ0n) is 15.8. The van der Waals surface area contributed by atoms with E-state index in [0.717, 1.165) is 6.20 Å². The minimum absolute atomic E-state index is 0.0768. The van der Waals surface area contributed by atoms with Crippen molar-refractivity contribution >= 4 is 17.6 Å². The molecule has 0 atom stereocenters. The number of benzene rings is 1. The number of alkyl halides is 3. The first kappa shape index (κ1) is 21.9. The highest BCUT2D eigenvalue weighted by Crippen LogP contribution is 2.31. The highest BCUT2D eigenvalue weighted by molar-refractivity contribution is 6.14. The lowest BCUT2D eigenvalue weighted by Gasteiger charge is -2.10. The quantitative estimate of drug-likeness (QED) is 0.318. The molecule has 11 heteroatoms. The molecule has 156 valence electrons. The monoisotopic (exact) mass is 413 g/mol. The van der Waals surface area contributed by atoms with Crippen LogP contribution in [0, 0.1) is 6.92 Å². The second-order valence-electron chi connectivity index (χ2n) is 5.58. The minimum atomic E-state index is -4.73. The molecule has 0 unspecified atom stereocenters. The van der Waals surface area contributed by atoms with Crippen molar-refractivity contribution in [2.45, 2.75) is 26.9 Å². The molecule has 0 fully saturated rings. The summed E-state index contributed by atoms with van der Waals surface area (Å²) in [4.78, 5) is 23.9. The molecule has 1 heterocycles. The summed E-state index contributed by atoms with van der Waals surface area (Å²) in [5.74, 6) is -3.43. The fourth-order valence-electron chi connectivity index (χ4n) is 2.18. The highest BCUT2D eigenvalue weighted by Gasteiger charge is 2.38. The fraction of sp³-hybridized carbons (Fsp3) is 0.333. The molecule has 0 aliphatic carbocycles. The third-order valence-electron chi connectivity index (χ3n) is 3.50. The standard InChI is InChI=1S/C18H18F3N3O5/c1-4-27-15(25)12(16(26)28-5-2)9-22-13-7-6-11(8-10(13)3)14-23-24-17(29-14)18(19,20)21/h6-9,22H,4-5H2,1-3H3. The van der Waals surface area contributed by atoms with Crippen LogP contribution in [0.15, 0.2) is 34.4 Å². The second-order valence-corrected chi connectivity index (χ2v) is 5.58. The zero-order valence-corrected chi connectivity index (χ0v) is 15.8. The van der Waals surface area contributed by atoms with E-state index in [9.17, 15) is 22.8 Å². The Morgan fingerprint density at radius 2 is 1.76 bits per heavy atom. The van der Waals surface area contributed by atoms with Gasteiger partial charge in [0.05, 0.1) is 13.2 Å². The van der Waals surface area contributed by atoms with Crippen LogP contribution in [-0.4, -0.2) is 35.3 Å². The summed E-state index contributed by atoms with van der Waals surface area (Å²) >= 11 is 0. The molecule has 2 aromatic rings. The number of rotatable bonds is 7. The van der Waals surface area contributed by atoms with Gasteiger partial charge < -0.3 is 19.2 Å².